The number of carbonyl (C=O) groups excluding carboxylic acids is 1. The first-order valence-corrected chi connectivity index (χ1v) is 8.22. The van der Waals surface area contributed by atoms with Crippen LogP contribution in [0.4, 0.5) is 0 Å². The standard InChI is InChI=1S/C17H31NO4/c1-16(2,3)22-13(19)11-18-14(15(20)21)17(4,5)12-9-7-6-8-10-12/h12,14,18H,6-11H2,1-5H3,(H,20,21)/t14-/m1/s1. The van der Waals surface area contributed by atoms with Crippen LogP contribution in [-0.4, -0.2) is 35.2 Å². The molecule has 0 spiro atoms. The Balaban J connectivity index is 2.68. The molecule has 0 heterocycles. The van der Waals surface area contributed by atoms with Gasteiger partial charge in [0.25, 0.3) is 0 Å². The van der Waals surface area contributed by atoms with E-state index in [1.807, 2.05) is 13.8 Å². The van der Waals surface area contributed by atoms with Gasteiger partial charge in [-0.1, -0.05) is 33.1 Å². The van der Waals surface area contributed by atoms with Crippen LogP contribution in [0.15, 0.2) is 0 Å². The summed E-state index contributed by atoms with van der Waals surface area (Å²) < 4.78 is 5.23. The average Bonchev–Trinajstić information content (AvgIpc) is 2.37. The van der Waals surface area contributed by atoms with Gasteiger partial charge in [-0.25, -0.2) is 0 Å². The summed E-state index contributed by atoms with van der Waals surface area (Å²) >= 11 is 0. The molecule has 0 unspecified atom stereocenters. The van der Waals surface area contributed by atoms with Crippen LogP contribution < -0.4 is 5.32 Å². The predicted octanol–water partition coefficient (Wildman–Crippen LogP) is 2.98. The molecule has 1 aliphatic rings. The van der Waals surface area contributed by atoms with Crippen LogP contribution in [-0.2, 0) is 14.3 Å². The number of hydrogen-bond acceptors (Lipinski definition) is 4. The molecule has 1 rings (SSSR count). The first-order valence-electron chi connectivity index (χ1n) is 8.22. The Morgan fingerprint density at radius 1 is 1.14 bits per heavy atom. The van der Waals surface area contributed by atoms with E-state index in [0.717, 1.165) is 25.7 Å². The first-order chi connectivity index (χ1) is 10.0. The number of aliphatic carboxylic acids is 1. The van der Waals surface area contributed by atoms with Gasteiger partial charge in [0.1, 0.15) is 11.6 Å². The molecule has 0 aromatic rings. The Morgan fingerprint density at radius 3 is 2.14 bits per heavy atom. The summed E-state index contributed by atoms with van der Waals surface area (Å²) in [6.07, 6.45) is 5.67. The first kappa shape index (κ1) is 18.9. The van der Waals surface area contributed by atoms with Crippen LogP contribution in [0, 0.1) is 11.3 Å². The molecule has 1 saturated carbocycles. The Morgan fingerprint density at radius 2 is 1.68 bits per heavy atom. The van der Waals surface area contributed by atoms with E-state index >= 15 is 0 Å². The van der Waals surface area contributed by atoms with Gasteiger partial charge in [-0.2, -0.15) is 0 Å². The van der Waals surface area contributed by atoms with Crippen LogP contribution in [0.3, 0.4) is 0 Å². The van der Waals surface area contributed by atoms with Gasteiger partial charge in [0, 0.05) is 0 Å². The van der Waals surface area contributed by atoms with Crippen molar-refractivity contribution in [2.75, 3.05) is 6.54 Å². The zero-order valence-corrected chi connectivity index (χ0v) is 14.6. The maximum atomic E-state index is 11.8. The predicted molar refractivity (Wildman–Crippen MR) is 85.6 cm³/mol. The van der Waals surface area contributed by atoms with E-state index in [-0.39, 0.29) is 6.54 Å². The van der Waals surface area contributed by atoms with Crippen LogP contribution in [0.2, 0.25) is 0 Å². The highest BCUT2D eigenvalue weighted by Crippen LogP contribution is 2.40. The number of carboxylic acids is 1. The molecule has 2 N–H and O–H groups in total. The molecular formula is C17H31NO4. The summed E-state index contributed by atoms with van der Waals surface area (Å²) in [4.78, 5) is 23.5. The third-order valence-electron chi connectivity index (χ3n) is 4.52. The summed E-state index contributed by atoms with van der Waals surface area (Å²) in [5.74, 6) is -0.953. The molecule has 0 amide bonds. The SMILES string of the molecule is CC(C)(C)OC(=O)CN[C@H](C(=O)O)C(C)(C)C1CCCCC1. The monoisotopic (exact) mass is 313 g/mol. The molecular weight excluding hydrogens is 282 g/mol. The number of carbonyl (C=O) groups is 2. The van der Waals surface area contributed by atoms with Gasteiger partial charge in [0.2, 0.25) is 0 Å². The van der Waals surface area contributed by atoms with Gasteiger partial charge in [0.05, 0.1) is 6.54 Å². The Labute approximate surface area is 133 Å². The molecule has 5 heteroatoms. The fourth-order valence-corrected chi connectivity index (χ4v) is 3.31. The normalized spacial score (nSPS) is 18.8. The molecule has 22 heavy (non-hydrogen) atoms. The van der Waals surface area contributed by atoms with Crippen LogP contribution in [0.25, 0.3) is 0 Å². The third kappa shape index (κ3) is 5.59. The molecule has 5 nitrogen and oxygen atoms in total. The summed E-state index contributed by atoms with van der Waals surface area (Å²) in [5, 5.41) is 12.5. The number of esters is 1. The zero-order valence-electron chi connectivity index (χ0n) is 14.6. The fraction of sp³-hybridized carbons (Fsp3) is 0.882. The number of ether oxygens (including phenoxy) is 1. The minimum atomic E-state index is -0.904. The second kappa shape index (κ2) is 7.44. The molecule has 0 aromatic carbocycles. The molecule has 0 bridgehead atoms. The van der Waals surface area contributed by atoms with Crippen LogP contribution in [0.1, 0.15) is 66.7 Å². The average molecular weight is 313 g/mol. The van der Waals surface area contributed by atoms with Crippen LogP contribution in [0.5, 0.6) is 0 Å². The Hall–Kier alpha value is -1.10. The quantitative estimate of drug-likeness (QED) is 0.737. The molecule has 1 atom stereocenters. The van der Waals surface area contributed by atoms with Gasteiger partial charge in [-0.05, 0) is 44.9 Å². The van der Waals surface area contributed by atoms with Crippen molar-refractivity contribution in [2.24, 2.45) is 11.3 Å². The second-order valence-corrected chi connectivity index (χ2v) is 7.89. The van der Waals surface area contributed by atoms with E-state index in [1.165, 1.54) is 6.42 Å². The topological polar surface area (TPSA) is 75.6 Å². The van der Waals surface area contributed by atoms with Crippen molar-refractivity contribution in [3.63, 3.8) is 0 Å². The fourth-order valence-electron chi connectivity index (χ4n) is 3.31. The lowest BCUT2D eigenvalue weighted by atomic mass is 9.67. The van der Waals surface area contributed by atoms with Crippen molar-refractivity contribution in [1.29, 1.82) is 0 Å². The molecule has 128 valence electrons. The number of nitrogens with one attached hydrogen (secondary N) is 1. The second-order valence-electron chi connectivity index (χ2n) is 7.89. The number of hydrogen-bond donors (Lipinski definition) is 2. The molecule has 1 fully saturated rings. The van der Waals surface area contributed by atoms with Gasteiger partial charge in [0.15, 0.2) is 0 Å². The lowest BCUT2D eigenvalue weighted by Gasteiger charge is -2.41. The smallest absolute Gasteiger partial charge is 0.321 e. The summed E-state index contributed by atoms with van der Waals surface area (Å²) in [6, 6.07) is -0.747. The van der Waals surface area contributed by atoms with E-state index in [4.69, 9.17) is 4.74 Å². The van der Waals surface area contributed by atoms with E-state index < -0.39 is 29.0 Å². The Kier molecular flexibility index (Phi) is 6.41. The van der Waals surface area contributed by atoms with Crippen molar-refractivity contribution >= 4 is 11.9 Å². The maximum absolute atomic E-state index is 11.8. The van der Waals surface area contributed by atoms with E-state index in [9.17, 15) is 14.7 Å². The van der Waals surface area contributed by atoms with Crippen molar-refractivity contribution in [1.82, 2.24) is 5.32 Å². The van der Waals surface area contributed by atoms with E-state index in [2.05, 4.69) is 5.32 Å². The van der Waals surface area contributed by atoms with E-state index in [0.29, 0.717) is 5.92 Å². The van der Waals surface area contributed by atoms with Crippen molar-refractivity contribution in [3.05, 3.63) is 0 Å². The van der Waals surface area contributed by atoms with Crippen molar-refractivity contribution in [2.45, 2.75) is 78.4 Å². The highest BCUT2D eigenvalue weighted by atomic mass is 16.6. The Bertz CT molecular complexity index is 392. The lowest BCUT2D eigenvalue weighted by Crippen LogP contribution is -2.53. The van der Waals surface area contributed by atoms with Crippen LogP contribution >= 0.6 is 0 Å². The summed E-state index contributed by atoms with van der Waals surface area (Å²) in [7, 11) is 0. The number of rotatable bonds is 6. The summed E-state index contributed by atoms with van der Waals surface area (Å²) in [5.41, 5.74) is -0.954. The maximum Gasteiger partial charge on any atom is 0.321 e. The van der Waals surface area contributed by atoms with Crippen molar-refractivity contribution in [3.8, 4) is 0 Å². The van der Waals surface area contributed by atoms with E-state index in [1.54, 1.807) is 20.8 Å². The number of carboxylic acid groups (broad SMARTS) is 1. The zero-order chi connectivity index (χ0) is 17.0. The molecule has 0 aromatic heterocycles. The van der Waals surface area contributed by atoms with Gasteiger partial charge < -0.3 is 9.84 Å². The van der Waals surface area contributed by atoms with Gasteiger partial charge >= 0.3 is 11.9 Å². The molecule has 0 radical (unpaired) electrons. The minimum absolute atomic E-state index is 0.0790. The lowest BCUT2D eigenvalue weighted by molar-refractivity contribution is -0.154. The van der Waals surface area contributed by atoms with Gasteiger partial charge in [-0.15, -0.1) is 0 Å². The van der Waals surface area contributed by atoms with Crippen molar-refractivity contribution < 1.29 is 19.4 Å². The third-order valence-corrected chi connectivity index (χ3v) is 4.52. The molecule has 0 aliphatic heterocycles. The molecule has 0 saturated heterocycles. The summed E-state index contributed by atoms with van der Waals surface area (Å²) in [6.45, 7) is 9.29. The van der Waals surface area contributed by atoms with Gasteiger partial charge in [-0.3, -0.25) is 14.9 Å². The highest BCUT2D eigenvalue weighted by molar-refractivity contribution is 5.77. The highest BCUT2D eigenvalue weighted by Gasteiger charge is 2.41. The largest absolute Gasteiger partial charge is 0.480 e. The minimum Gasteiger partial charge on any atom is -0.480 e. The molecule has 1 aliphatic carbocycles.